The van der Waals surface area contributed by atoms with Crippen molar-refractivity contribution < 1.29 is 17.9 Å². The summed E-state index contributed by atoms with van der Waals surface area (Å²) in [7, 11) is 1.84. The number of rotatable bonds is 5. The highest BCUT2D eigenvalue weighted by atomic mass is 35.5. The molecule has 0 aliphatic carbocycles. The number of ether oxygens (including phenoxy) is 1. The number of aromatic nitrogens is 1. The molecular formula is C24H26ClF3N4OS. The average molecular weight is 511 g/mol. The van der Waals surface area contributed by atoms with E-state index < -0.39 is 11.7 Å². The molecule has 1 aliphatic rings. The van der Waals surface area contributed by atoms with E-state index in [2.05, 4.69) is 15.0 Å². The Hall–Kier alpha value is -2.78. The number of fused-ring (bicyclic) bond motifs is 1. The van der Waals surface area contributed by atoms with Crippen LogP contribution >= 0.6 is 23.5 Å². The van der Waals surface area contributed by atoms with Crippen molar-refractivity contribution in [1.29, 1.82) is 0 Å². The fourth-order valence-corrected chi connectivity index (χ4v) is 4.26. The van der Waals surface area contributed by atoms with Crippen LogP contribution in [0, 0.1) is 6.92 Å². The quantitative estimate of drug-likeness (QED) is 0.342. The minimum Gasteiger partial charge on any atom is -0.489 e. The second kappa shape index (κ2) is 11.1. The molecule has 2 heterocycles. The van der Waals surface area contributed by atoms with E-state index >= 15 is 0 Å². The van der Waals surface area contributed by atoms with E-state index in [0.717, 1.165) is 40.7 Å². The first-order valence-corrected chi connectivity index (χ1v) is 11.9. The van der Waals surface area contributed by atoms with Crippen LogP contribution in [0.4, 0.5) is 36.1 Å². The molecule has 0 unspecified atom stereocenters. The smallest absolute Gasteiger partial charge is 0.417 e. The van der Waals surface area contributed by atoms with Gasteiger partial charge < -0.3 is 19.7 Å². The van der Waals surface area contributed by atoms with Crippen molar-refractivity contribution in [3.63, 3.8) is 0 Å². The summed E-state index contributed by atoms with van der Waals surface area (Å²) in [6.45, 7) is 6.97. The Balaban J connectivity index is 0.00000158. The second-order valence-electron chi connectivity index (χ2n) is 7.16. The van der Waals surface area contributed by atoms with Gasteiger partial charge in [-0.05, 0) is 60.8 Å². The number of nitrogens with one attached hydrogen (secondary N) is 2. The van der Waals surface area contributed by atoms with Crippen LogP contribution in [0.3, 0.4) is 0 Å². The van der Waals surface area contributed by atoms with Gasteiger partial charge in [0, 0.05) is 29.9 Å². The fourth-order valence-electron chi connectivity index (χ4n) is 3.35. The summed E-state index contributed by atoms with van der Waals surface area (Å²) in [4.78, 5) is 7.02. The van der Waals surface area contributed by atoms with E-state index in [0.29, 0.717) is 29.6 Å². The molecule has 0 saturated carbocycles. The number of alkyl halides is 3. The van der Waals surface area contributed by atoms with E-state index in [4.69, 9.17) is 16.3 Å². The first kappa shape index (κ1) is 25.8. The van der Waals surface area contributed by atoms with E-state index in [-0.39, 0.29) is 5.02 Å². The molecule has 0 amide bonds. The van der Waals surface area contributed by atoms with E-state index in [9.17, 15) is 13.2 Å². The van der Waals surface area contributed by atoms with Crippen LogP contribution in [-0.2, 0) is 6.18 Å². The number of halogens is 4. The summed E-state index contributed by atoms with van der Waals surface area (Å²) in [5.41, 5.74) is 2.54. The van der Waals surface area contributed by atoms with Gasteiger partial charge in [0.05, 0.1) is 28.5 Å². The van der Waals surface area contributed by atoms with Crippen LogP contribution in [-0.4, -0.2) is 25.2 Å². The first-order chi connectivity index (χ1) is 16.3. The molecule has 0 radical (unpaired) electrons. The van der Waals surface area contributed by atoms with E-state index in [1.807, 2.05) is 57.0 Å². The molecule has 34 heavy (non-hydrogen) atoms. The van der Waals surface area contributed by atoms with Crippen molar-refractivity contribution >= 4 is 46.4 Å². The summed E-state index contributed by atoms with van der Waals surface area (Å²) in [5.74, 6) is 1.39. The Bertz CT molecular complexity index is 1140. The first-order valence-electron chi connectivity index (χ1n) is 10.7. The van der Waals surface area contributed by atoms with Gasteiger partial charge in [-0.25, -0.2) is 4.98 Å². The van der Waals surface area contributed by atoms with Gasteiger partial charge in [0.1, 0.15) is 12.4 Å². The number of pyridine rings is 1. The molecule has 1 aliphatic heterocycles. The number of benzene rings is 2. The SMILES string of the molecule is CC.CNc1ccc2c(c1)OCCN2c1ncc(C)cc1NSc1ccc(Cl)c(C(F)(F)F)c1. The lowest BCUT2D eigenvalue weighted by atomic mass is 10.2. The number of hydrogen-bond donors (Lipinski definition) is 2. The van der Waals surface area contributed by atoms with Gasteiger partial charge in [-0.1, -0.05) is 25.4 Å². The lowest BCUT2D eigenvalue weighted by molar-refractivity contribution is -0.137. The normalized spacial score (nSPS) is 12.8. The van der Waals surface area contributed by atoms with Crippen molar-refractivity contribution in [2.45, 2.75) is 31.8 Å². The molecule has 0 saturated heterocycles. The van der Waals surface area contributed by atoms with Gasteiger partial charge >= 0.3 is 6.18 Å². The van der Waals surface area contributed by atoms with Crippen molar-refractivity contribution in [1.82, 2.24) is 4.98 Å². The lowest BCUT2D eigenvalue weighted by Gasteiger charge is -2.32. The zero-order valence-electron chi connectivity index (χ0n) is 19.3. The second-order valence-corrected chi connectivity index (χ2v) is 8.45. The van der Waals surface area contributed by atoms with Gasteiger partial charge in [0.15, 0.2) is 5.82 Å². The molecule has 0 spiro atoms. The average Bonchev–Trinajstić information content (AvgIpc) is 2.83. The number of hydrogen-bond acceptors (Lipinski definition) is 6. The predicted octanol–water partition coefficient (Wildman–Crippen LogP) is 7.78. The van der Waals surface area contributed by atoms with Gasteiger partial charge in [-0.15, -0.1) is 0 Å². The molecule has 182 valence electrons. The summed E-state index contributed by atoms with van der Waals surface area (Å²) in [6, 6.07) is 11.6. The van der Waals surface area contributed by atoms with Gasteiger partial charge in [-0.3, -0.25) is 0 Å². The zero-order valence-corrected chi connectivity index (χ0v) is 20.8. The largest absolute Gasteiger partial charge is 0.489 e. The van der Waals surface area contributed by atoms with Crippen molar-refractivity contribution in [2.24, 2.45) is 0 Å². The molecule has 0 bridgehead atoms. The highest BCUT2D eigenvalue weighted by molar-refractivity contribution is 8.00. The highest BCUT2D eigenvalue weighted by Crippen LogP contribution is 2.42. The topological polar surface area (TPSA) is 49.4 Å². The van der Waals surface area contributed by atoms with Crippen LogP contribution in [0.2, 0.25) is 5.02 Å². The minimum atomic E-state index is -4.52. The molecule has 0 atom stereocenters. The minimum absolute atomic E-state index is 0.328. The van der Waals surface area contributed by atoms with Crippen LogP contribution in [0.25, 0.3) is 0 Å². The predicted molar refractivity (Wildman–Crippen MR) is 135 cm³/mol. The Kier molecular flexibility index (Phi) is 8.43. The molecule has 5 nitrogen and oxygen atoms in total. The van der Waals surface area contributed by atoms with Gasteiger partial charge in [-0.2, -0.15) is 13.2 Å². The standard InChI is InChI=1S/C22H20ClF3N4OS.C2H6/c1-13-9-18(29-32-15-4-5-17(23)16(11-15)22(24,25)26)21(28-12-13)30-7-8-31-20-10-14(27-2)3-6-19(20)30;1-2/h3-6,9-12,27,29H,7-8H2,1-2H3;1-2H3. The third kappa shape index (κ3) is 5.82. The molecule has 4 rings (SSSR count). The lowest BCUT2D eigenvalue weighted by Crippen LogP contribution is -2.29. The van der Waals surface area contributed by atoms with Crippen molar-refractivity contribution in [2.75, 3.05) is 35.1 Å². The molecule has 0 fully saturated rings. The Morgan fingerprint density at radius 1 is 1.12 bits per heavy atom. The van der Waals surface area contributed by atoms with Gasteiger partial charge in [0.25, 0.3) is 0 Å². The van der Waals surface area contributed by atoms with Gasteiger partial charge in [0.2, 0.25) is 0 Å². The van der Waals surface area contributed by atoms with Crippen LogP contribution in [0.15, 0.2) is 53.6 Å². The fraction of sp³-hybridized carbons (Fsp3) is 0.292. The van der Waals surface area contributed by atoms with Crippen LogP contribution in [0.5, 0.6) is 5.75 Å². The van der Waals surface area contributed by atoms with Crippen molar-refractivity contribution in [3.05, 3.63) is 64.8 Å². The molecule has 10 heteroatoms. The molecule has 2 aromatic carbocycles. The maximum Gasteiger partial charge on any atom is 0.417 e. The highest BCUT2D eigenvalue weighted by Gasteiger charge is 2.33. The Morgan fingerprint density at radius 3 is 2.59 bits per heavy atom. The Morgan fingerprint density at radius 2 is 1.88 bits per heavy atom. The zero-order chi connectivity index (χ0) is 24.9. The Labute approximate surface area is 206 Å². The van der Waals surface area contributed by atoms with E-state index in [1.54, 1.807) is 12.3 Å². The summed E-state index contributed by atoms with van der Waals surface area (Å²) in [5, 5.41) is 2.76. The number of nitrogens with zero attached hydrogens (tertiary/aromatic N) is 2. The van der Waals surface area contributed by atoms with Crippen LogP contribution < -0.4 is 19.7 Å². The van der Waals surface area contributed by atoms with Crippen molar-refractivity contribution in [3.8, 4) is 5.75 Å². The number of aryl methyl sites for hydroxylation is 1. The molecular weight excluding hydrogens is 485 g/mol. The third-order valence-electron chi connectivity index (χ3n) is 4.89. The monoisotopic (exact) mass is 510 g/mol. The summed E-state index contributed by atoms with van der Waals surface area (Å²) < 4.78 is 48.6. The summed E-state index contributed by atoms with van der Waals surface area (Å²) >= 11 is 6.80. The summed E-state index contributed by atoms with van der Waals surface area (Å²) in [6.07, 6.45) is -2.76. The maximum absolute atomic E-state index is 13.2. The number of anilines is 4. The molecule has 2 N–H and O–H groups in total. The maximum atomic E-state index is 13.2. The molecule has 3 aromatic rings. The van der Waals surface area contributed by atoms with E-state index in [1.165, 1.54) is 6.07 Å². The molecule has 1 aromatic heterocycles. The van der Waals surface area contributed by atoms with Crippen LogP contribution in [0.1, 0.15) is 25.0 Å². The third-order valence-corrected chi connectivity index (χ3v) is 6.03.